The van der Waals surface area contributed by atoms with Gasteiger partial charge in [-0.15, -0.1) is 0 Å². The van der Waals surface area contributed by atoms with Crippen molar-refractivity contribution in [3.8, 4) is 5.75 Å². The number of hydrogen-bond acceptors (Lipinski definition) is 3. The summed E-state index contributed by atoms with van der Waals surface area (Å²) in [6.45, 7) is 0.560. The standard InChI is InChI=1S/C13H16O3/c1-15-12-7-5-11(6-8-12)13(14)16-9-10-3-2-4-10/h5-8,10H,2-4,9H2,1H3. The van der Waals surface area contributed by atoms with Crippen molar-refractivity contribution in [2.75, 3.05) is 13.7 Å². The molecule has 1 saturated carbocycles. The van der Waals surface area contributed by atoms with E-state index in [9.17, 15) is 4.79 Å². The predicted molar refractivity (Wildman–Crippen MR) is 60.6 cm³/mol. The van der Waals surface area contributed by atoms with E-state index in [0.717, 1.165) is 5.75 Å². The Morgan fingerprint density at radius 2 is 2.00 bits per heavy atom. The highest BCUT2D eigenvalue weighted by Crippen LogP contribution is 2.26. The minimum atomic E-state index is -0.241. The molecule has 1 aliphatic carbocycles. The van der Waals surface area contributed by atoms with Crippen LogP contribution in [0.2, 0.25) is 0 Å². The number of carbonyl (C=O) groups is 1. The number of ether oxygens (including phenoxy) is 2. The van der Waals surface area contributed by atoms with E-state index in [1.807, 2.05) is 0 Å². The van der Waals surface area contributed by atoms with Crippen LogP contribution in [0, 0.1) is 5.92 Å². The Hall–Kier alpha value is -1.51. The molecule has 1 fully saturated rings. The third-order valence-electron chi connectivity index (χ3n) is 3.00. The number of hydrogen-bond donors (Lipinski definition) is 0. The zero-order valence-corrected chi connectivity index (χ0v) is 9.44. The topological polar surface area (TPSA) is 35.5 Å². The lowest BCUT2D eigenvalue weighted by Gasteiger charge is -2.24. The Kier molecular flexibility index (Phi) is 3.44. The van der Waals surface area contributed by atoms with Crippen molar-refractivity contribution in [2.45, 2.75) is 19.3 Å². The van der Waals surface area contributed by atoms with Gasteiger partial charge in [0.1, 0.15) is 5.75 Å². The molecule has 0 aromatic heterocycles. The van der Waals surface area contributed by atoms with Crippen molar-refractivity contribution < 1.29 is 14.3 Å². The lowest BCUT2D eigenvalue weighted by Crippen LogP contribution is -2.20. The highest BCUT2D eigenvalue weighted by Gasteiger charge is 2.19. The number of carbonyl (C=O) groups excluding carboxylic acids is 1. The molecular weight excluding hydrogens is 204 g/mol. The molecule has 0 unspecified atom stereocenters. The maximum atomic E-state index is 11.6. The van der Waals surface area contributed by atoms with Crippen LogP contribution < -0.4 is 4.74 Å². The first-order valence-corrected chi connectivity index (χ1v) is 5.61. The summed E-state index contributed by atoms with van der Waals surface area (Å²) in [5.74, 6) is 1.09. The van der Waals surface area contributed by atoms with Gasteiger partial charge in [0, 0.05) is 0 Å². The molecule has 0 N–H and O–H groups in total. The molecular formula is C13H16O3. The van der Waals surface area contributed by atoms with Crippen LogP contribution in [-0.2, 0) is 4.74 Å². The SMILES string of the molecule is COc1ccc(C(=O)OCC2CCC2)cc1. The number of rotatable bonds is 4. The lowest BCUT2D eigenvalue weighted by atomic mass is 9.86. The lowest BCUT2D eigenvalue weighted by molar-refractivity contribution is 0.0371. The second-order valence-electron chi connectivity index (χ2n) is 4.12. The van der Waals surface area contributed by atoms with Gasteiger partial charge in [0.2, 0.25) is 0 Å². The summed E-state index contributed by atoms with van der Waals surface area (Å²) < 4.78 is 10.2. The summed E-state index contributed by atoms with van der Waals surface area (Å²) in [4.78, 5) is 11.6. The second-order valence-corrected chi connectivity index (χ2v) is 4.12. The second kappa shape index (κ2) is 5.01. The first-order valence-electron chi connectivity index (χ1n) is 5.61. The highest BCUT2D eigenvalue weighted by molar-refractivity contribution is 5.89. The number of methoxy groups -OCH3 is 1. The minimum absolute atomic E-state index is 0.241. The van der Waals surface area contributed by atoms with E-state index in [-0.39, 0.29) is 5.97 Å². The minimum Gasteiger partial charge on any atom is -0.497 e. The van der Waals surface area contributed by atoms with E-state index in [2.05, 4.69) is 0 Å². The maximum absolute atomic E-state index is 11.6. The molecule has 2 rings (SSSR count). The molecule has 0 atom stereocenters. The molecule has 86 valence electrons. The largest absolute Gasteiger partial charge is 0.497 e. The molecule has 0 radical (unpaired) electrons. The maximum Gasteiger partial charge on any atom is 0.338 e. The molecule has 3 heteroatoms. The molecule has 0 aliphatic heterocycles. The first-order chi connectivity index (χ1) is 7.79. The van der Waals surface area contributed by atoms with E-state index in [0.29, 0.717) is 18.1 Å². The fraction of sp³-hybridized carbons (Fsp3) is 0.462. The van der Waals surface area contributed by atoms with Crippen molar-refractivity contribution in [1.82, 2.24) is 0 Å². The average molecular weight is 220 g/mol. The smallest absolute Gasteiger partial charge is 0.338 e. The van der Waals surface area contributed by atoms with Gasteiger partial charge in [-0.05, 0) is 43.0 Å². The van der Waals surface area contributed by atoms with Crippen LogP contribution in [0.3, 0.4) is 0 Å². The van der Waals surface area contributed by atoms with Gasteiger partial charge in [-0.25, -0.2) is 4.79 Å². The molecule has 0 saturated heterocycles. The van der Waals surface area contributed by atoms with Gasteiger partial charge < -0.3 is 9.47 Å². The molecule has 0 spiro atoms. The van der Waals surface area contributed by atoms with E-state index in [4.69, 9.17) is 9.47 Å². The van der Waals surface area contributed by atoms with Gasteiger partial charge in [0.15, 0.2) is 0 Å². The zero-order chi connectivity index (χ0) is 11.4. The van der Waals surface area contributed by atoms with Crippen molar-refractivity contribution in [2.24, 2.45) is 5.92 Å². The molecule has 16 heavy (non-hydrogen) atoms. The van der Waals surface area contributed by atoms with E-state index in [1.54, 1.807) is 31.4 Å². The van der Waals surface area contributed by atoms with E-state index < -0.39 is 0 Å². The number of esters is 1. The molecule has 1 aliphatic rings. The third-order valence-corrected chi connectivity index (χ3v) is 3.00. The molecule has 1 aromatic carbocycles. The Morgan fingerprint density at radius 1 is 1.31 bits per heavy atom. The van der Waals surface area contributed by atoms with E-state index >= 15 is 0 Å². The Balaban J connectivity index is 1.86. The van der Waals surface area contributed by atoms with Crippen LogP contribution in [0.4, 0.5) is 0 Å². The summed E-state index contributed by atoms with van der Waals surface area (Å²) in [5, 5.41) is 0. The fourth-order valence-electron chi connectivity index (χ4n) is 1.66. The summed E-state index contributed by atoms with van der Waals surface area (Å²) in [7, 11) is 1.60. The molecule has 0 heterocycles. The summed E-state index contributed by atoms with van der Waals surface area (Å²) in [6.07, 6.45) is 3.65. The monoisotopic (exact) mass is 220 g/mol. The van der Waals surface area contributed by atoms with Crippen LogP contribution in [0.15, 0.2) is 24.3 Å². The average Bonchev–Trinajstić information content (AvgIpc) is 2.27. The normalized spacial score (nSPS) is 15.3. The van der Waals surface area contributed by atoms with Crippen LogP contribution in [0.25, 0.3) is 0 Å². The summed E-state index contributed by atoms with van der Waals surface area (Å²) in [5.41, 5.74) is 0.583. The van der Waals surface area contributed by atoms with Crippen LogP contribution in [0.1, 0.15) is 29.6 Å². The summed E-state index contributed by atoms with van der Waals surface area (Å²) >= 11 is 0. The van der Waals surface area contributed by atoms with Gasteiger partial charge in [-0.2, -0.15) is 0 Å². The quantitative estimate of drug-likeness (QED) is 0.732. The van der Waals surface area contributed by atoms with Gasteiger partial charge >= 0.3 is 5.97 Å². The molecule has 3 nitrogen and oxygen atoms in total. The Labute approximate surface area is 95.4 Å². The van der Waals surface area contributed by atoms with E-state index in [1.165, 1.54) is 19.3 Å². The highest BCUT2D eigenvalue weighted by atomic mass is 16.5. The molecule has 1 aromatic rings. The van der Waals surface area contributed by atoms with Crippen LogP contribution in [-0.4, -0.2) is 19.7 Å². The van der Waals surface area contributed by atoms with Crippen LogP contribution >= 0.6 is 0 Å². The summed E-state index contributed by atoms with van der Waals surface area (Å²) in [6, 6.07) is 6.98. The van der Waals surface area contributed by atoms with Crippen molar-refractivity contribution in [3.63, 3.8) is 0 Å². The van der Waals surface area contributed by atoms with Gasteiger partial charge in [-0.3, -0.25) is 0 Å². The van der Waals surface area contributed by atoms with Crippen LogP contribution in [0.5, 0.6) is 5.75 Å². The zero-order valence-electron chi connectivity index (χ0n) is 9.44. The molecule has 0 bridgehead atoms. The predicted octanol–water partition coefficient (Wildman–Crippen LogP) is 2.65. The Bertz CT molecular complexity index is 352. The third kappa shape index (κ3) is 2.54. The number of benzene rings is 1. The van der Waals surface area contributed by atoms with Gasteiger partial charge in [0.25, 0.3) is 0 Å². The molecule has 0 amide bonds. The van der Waals surface area contributed by atoms with Crippen molar-refractivity contribution >= 4 is 5.97 Å². The fourth-order valence-corrected chi connectivity index (χ4v) is 1.66. The van der Waals surface area contributed by atoms with Crippen molar-refractivity contribution in [3.05, 3.63) is 29.8 Å². The van der Waals surface area contributed by atoms with Gasteiger partial charge in [-0.1, -0.05) is 6.42 Å². The Morgan fingerprint density at radius 3 is 2.50 bits per heavy atom. The van der Waals surface area contributed by atoms with Crippen molar-refractivity contribution in [1.29, 1.82) is 0 Å². The van der Waals surface area contributed by atoms with Gasteiger partial charge in [0.05, 0.1) is 19.3 Å². The first kappa shape index (κ1) is 11.0.